The Kier molecular flexibility index (Phi) is 6.10. The van der Waals surface area contributed by atoms with Gasteiger partial charge in [-0.2, -0.15) is 0 Å². The number of hydrogen-bond acceptors (Lipinski definition) is 4. The molecule has 0 aliphatic rings. The van der Waals surface area contributed by atoms with E-state index in [9.17, 15) is 14.4 Å². The van der Waals surface area contributed by atoms with Crippen molar-refractivity contribution in [2.45, 2.75) is 26.2 Å². The maximum absolute atomic E-state index is 11.9. The van der Waals surface area contributed by atoms with Gasteiger partial charge in [0, 0.05) is 12.6 Å². The molecule has 0 aromatic heterocycles. The summed E-state index contributed by atoms with van der Waals surface area (Å²) in [5.41, 5.74) is 1.60. The molecule has 1 aromatic carbocycles. The Bertz CT molecular complexity index is 544. The molecule has 0 fully saturated rings. The maximum atomic E-state index is 11.9. The van der Waals surface area contributed by atoms with Gasteiger partial charge < -0.3 is 15.4 Å². The molecule has 0 radical (unpaired) electrons. The predicted molar refractivity (Wildman–Crippen MR) is 82.5 cm³/mol. The highest BCUT2D eigenvalue weighted by Gasteiger charge is 2.15. The predicted octanol–water partition coefficient (Wildman–Crippen LogP) is 1.00. The number of hydrogen-bond donors (Lipinski definition) is 2. The molecular formula is C16H22N2O4. The molecule has 6 heteroatoms. The van der Waals surface area contributed by atoms with Gasteiger partial charge in [-0.3, -0.25) is 14.4 Å². The minimum atomic E-state index is -0.664. The van der Waals surface area contributed by atoms with E-state index in [-0.39, 0.29) is 24.5 Å². The van der Waals surface area contributed by atoms with E-state index in [0.29, 0.717) is 5.56 Å². The summed E-state index contributed by atoms with van der Waals surface area (Å²) in [5.74, 6) is -1.43. The Balaban J connectivity index is 2.49. The van der Waals surface area contributed by atoms with Crippen LogP contribution in [0.3, 0.4) is 0 Å². The zero-order valence-corrected chi connectivity index (χ0v) is 13.4. The summed E-state index contributed by atoms with van der Waals surface area (Å²) in [5, 5.41) is 4.78. The molecule has 0 heterocycles. The highest BCUT2D eigenvalue weighted by molar-refractivity contribution is 5.96. The minimum Gasteiger partial charge on any atom is -0.454 e. The van der Waals surface area contributed by atoms with Crippen LogP contribution in [-0.2, 0) is 19.7 Å². The number of likely N-dealkylation sites (N-methyl/N-ethyl adjacent to an activating group) is 1. The van der Waals surface area contributed by atoms with Gasteiger partial charge in [-0.25, -0.2) is 0 Å². The summed E-state index contributed by atoms with van der Waals surface area (Å²) in [6, 6.07) is 7.20. The monoisotopic (exact) mass is 306 g/mol. The number of esters is 1. The molecule has 120 valence electrons. The highest BCUT2D eigenvalue weighted by atomic mass is 16.5. The highest BCUT2D eigenvalue weighted by Crippen LogP contribution is 2.22. The lowest BCUT2D eigenvalue weighted by atomic mass is 9.87. The van der Waals surface area contributed by atoms with Crippen molar-refractivity contribution in [1.29, 1.82) is 0 Å². The lowest BCUT2D eigenvalue weighted by molar-refractivity contribution is -0.147. The average Bonchev–Trinajstić information content (AvgIpc) is 2.49. The van der Waals surface area contributed by atoms with Crippen molar-refractivity contribution in [3.63, 3.8) is 0 Å². The Hall–Kier alpha value is -2.37. The van der Waals surface area contributed by atoms with Crippen LogP contribution in [0.25, 0.3) is 0 Å². The van der Waals surface area contributed by atoms with Gasteiger partial charge in [0.2, 0.25) is 0 Å². The Morgan fingerprint density at radius 2 is 1.68 bits per heavy atom. The summed E-state index contributed by atoms with van der Waals surface area (Å²) >= 11 is 0. The second kappa shape index (κ2) is 7.59. The summed E-state index contributed by atoms with van der Waals surface area (Å²) in [6.07, 6.45) is 0. The number of carbonyl (C=O) groups is 3. The topological polar surface area (TPSA) is 84.5 Å². The van der Waals surface area contributed by atoms with E-state index in [1.165, 1.54) is 7.05 Å². The molecule has 0 bridgehead atoms. The maximum Gasteiger partial charge on any atom is 0.325 e. The van der Waals surface area contributed by atoms with E-state index in [4.69, 9.17) is 0 Å². The third kappa shape index (κ3) is 5.55. The fourth-order valence-electron chi connectivity index (χ4n) is 1.65. The first-order chi connectivity index (χ1) is 10.2. The van der Waals surface area contributed by atoms with Gasteiger partial charge in [0.15, 0.2) is 6.61 Å². The number of benzene rings is 1. The molecule has 1 aromatic rings. The van der Waals surface area contributed by atoms with E-state index in [1.54, 1.807) is 12.1 Å². The lowest BCUT2D eigenvalue weighted by Crippen LogP contribution is -2.33. The van der Waals surface area contributed by atoms with Crippen LogP contribution >= 0.6 is 0 Å². The SMILES string of the molecule is CNC(=O)COC(=O)CNC(=O)c1ccc(C(C)(C)C)cc1. The fourth-order valence-corrected chi connectivity index (χ4v) is 1.65. The molecule has 1 rings (SSSR count). The van der Waals surface area contributed by atoms with Crippen molar-refractivity contribution in [3.05, 3.63) is 35.4 Å². The van der Waals surface area contributed by atoms with Gasteiger partial charge >= 0.3 is 5.97 Å². The van der Waals surface area contributed by atoms with Gasteiger partial charge in [-0.15, -0.1) is 0 Å². The third-order valence-corrected chi connectivity index (χ3v) is 3.05. The Morgan fingerprint density at radius 1 is 1.09 bits per heavy atom. The van der Waals surface area contributed by atoms with E-state index in [0.717, 1.165) is 5.56 Å². The van der Waals surface area contributed by atoms with Crippen LogP contribution < -0.4 is 10.6 Å². The molecule has 0 saturated carbocycles. The van der Waals surface area contributed by atoms with Crippen LogP contribution in [0.1, 0.15) is 36.7 Å². The number of rotatable bonds is 5. The Morgan fingerprint density at radius 3 is 2.18 bits per heavy atom. The van der Waals surface area contributed by atoms with Crippen LogP contribution in [-0.4, -0.2) is 38.0 Å². The van der Waals surface area contributed by atoms with Crippen LogP contribution in [0.5, 0.6) is 0 Å². The summed E-state index contributed by atoms with van der Waals surface area (Å²) in [4.78, 5) is 34.2. The van der Waals surface area contributed by atoms with Crippen LogP contribution in [0.15, 0.2) is 24.3 Å². The molecule has 22 heavy (non-hydrogen) atoms. The van der Waals surface area contributed by atoms with Crippen LogP contribution in [0.4, 0.5) is 0 Å². The van der Waals surface area contributed by atoms with Crippen LogP contribution in [0.2, 0.25) is 0 Å². The molecule has 0 spiro atoms. The fraction of sp³-hybridized carbons (Fsp3) is 0.438. The van der Waals surface area contributed by atoms with E-state index in [2.05, 4.69) is 36.1 Å². The van der Waals surface area contributed by atoms with Crippen molar-refractivity contribution in [2.24, 2.45) is 0 Å². The number of ether oxygens (including phenoxy) is 1. The molecule has 0 unspecified atom stereocenters. The summed E-state index contributed by atoms with van der Waals surface area (Å²) in [6.45, 7) is 5.63. The van der Waals surface area contributed by atoms with Crippen molar-refractivity contribution < 1.29 is 19.1 Å². The summed E-state index contributed by atoms with van der Waals surface area (Å²) < 4.78 is 4.68. The number of nitrogens with one attached hydrogen (secondary N) is 2. The van der Waals surface area contributed by atoms with Crippen molar-refractivity contribution in [1.82, 2.24) is 10.6 Å². The molecule has 2 amide bonds. The molecule has 0 aliphatic carbocycles. The van der Waals surface area contributed by atoms with E-state index < -0.39 is 11.9 Å². The van der Waals surface area contributed by atoms with Gasteiger partial charge in [0.05, 0.1) is 0 Å². The first-order valence-electron chi connectivity index (χ1n) is 6.99. The smallest absolute Gasteiger partial charge is 0.325 e. The average molecular weight is 306 g/mol. The third-order valence-electron chi connectivity index (χ3n) is 3.05. The van der Waals surface area contributed by atoms with Gasteiger partial charge in [-0.1, -0.05) is 32.9 Å². The zero-order valence-electron chi connectivity index (χ0n) is 13.4. The van der Waals surface area contributed by atoms with Crippen molar-refractivity contribution in [2.75, 3.05) is 20.2 Å². The van der Waals surface area contributed by atoms with E-state index in [1.807, 2.05) is 12.1 Å². The lowest BCUT2D eigenvalue weighted by Gasteiger charge is -2.19. The molecule has 0 aliphatic heterocycles. The van der Waals surface area contributed by atoms with Crippen LogP contribution in [0, 0.1) is 0 Å². The largest absolute Gasteiger partial charge is 0.454 e. The van der Waals surface area contributed by atoms with E-state index >= 15 is 0 Å². The zero-order chi connectivity index (χ0) is 16.8. The normalized spacial score (nSPS) is 10.7. The second-order valence-electron chi connectivity index (χ2n) is 5.84. The molecular weight excluding hydrogens is 284 g/mol. The van der Waals surface area contributed by atoms with Gasteiger partial charge in [0.25, 0.3) is 11.8 Å². The molecule has 0 atom stereocenters. The minimum absolute atomic E-state index is 0.0126. The molecule has 2 N–H and O–H groups in total. The first-order valence-corrected chi connectivity index (χ1v) is 6.99. The van der Waals surface area contributed by atoms with Crippen molar-refractivity contribution >= 4 is 17.8 Å². The molecule has 6 nitrogen and oxygen atoms in total. The van der Waals surface area contributed by atoms with Gasteiger partial charge in [-0.05, 0) is 23.1 Å². The summed E-state index contributed by atoms with van der Waals surface area (Å²) in [7, 11) is 1.44. The van der Waals surface area contributed by atoms with Crippen molar-refractivity contribution in [3.8, 4) is 0 Å². The second-order valence-corrected chi connectivity index (χ2v) is 5.84. The first kappa shape index (κ1) is 17.7. The Labute approximate surface area is 130 Å². The number of amides is 2. The van der Waals surface area contributed by atoms with Gasteiger partial charge in [0.1, 0.15) is 6.54 Å². The quantitative estimate of drug-likeness (QED) is 0.795. The standard InChI is InChI=1S/C16H22N2O4/c1-16(2,3)12-7-5-11(6-8-12)15(21)18-9-14(20)22-10-13(19)17-4/h5-8H,9-10H2,1-4H3,(H,17,19)(H,18,21). The number of carbonyl (C=O) groups excluding carboxylic acids is 3. The molecule has 0 saturated heterocycles.